The summed E-state index contributed by atoms with van der Waals surface area (Å²) in [5, 5.41) is 11.8. The molecule has 5 nitrogen and oxygen atoms in total. The number of carboxylic acid groups (broad SMARTS) is 1. The molecule has 0 spiro atoms. The fourth-order valence-electron chi connectivity index (χ4n) is 1.82. The Balaban J connectivity index is 2.69. The zero-order valence-electron chi connectivity index (χ0n) is 12.7. The molecule has 0 heterocycles. The first kappa shape index (κ1) is 17.5. The lowest BCUT2D eigenvalue weighted by Gasteiger charge is -2.29. The number of nitrogens with one attached hydrogen (secondary N) is 1. The van der Waals surface area contributed by atoms with Crippen LogP contribution in [0.4, 0.5) is 4.79 Å². The summed E-state index contributed by atoms with van der Waals surface area (Å²) in [6.07, 6.45) is 0. The summed E-state index contributed by atoms with van der Waals surface area (Å²) in [6.45, 7) is 5.75. The lowest BCUT2D eigenvalue weighted by molar-refractivity contribution is -0.142. The number of nitrogens with zero attached hydrogens (tertiary/aromatic N) is 1. The molecule has 0 aliphatic carbocycles. The molecule has 1 rings (SSSR count). The van der Waals surface area contributed by atoms with E-state index in [0.29, 0.717) is 6.54 Å². The van der Waals surface area contributed by atoms with E-state index in [-0.39, 0.29) is 0 Å². The Hall–Kier alpha value is -1.56. The second-order valence-corrected chi connectivity index (χ2v) is 6.98. The van der Waals surface area contributed by atoms with Crippen LogP contribution in [0.3, 0.4) is 0 Å². The first-order valence-electron chi connectivity index (χ1n) is 6.60. The van der Waals surface area contributed by atoms with Gasteiger partial charge in [-0.3, -0.25) is 0 Å². The van der Waals surface area contributed by atoms with Crippen molar-refractivity contribution in [2.24, 2.45) is 5.41 Å². The van der Waals surface area contributed by atoms with Crippen LogP contribution in [-0.2, 0) is 11.3 Å². The molecule has 0 bridgehead atoms. The molecular weight excluding hydrogens is 336 g/mol. The van der Waals surface area contributed by atoms with Gasteiger partial charge in [-0.1, -0.05) is 48.8 Å². The van der Waals surface area contributed by atoms with Crippen LogP contribution >= 0.6 is 15.9 Å². The normalized spacial score (nSPS) is 12.6. The first-order valence-corrected chi connectivity index (χ1v) is 7.39. The van der Waals surface area contributed by atoms with Crippen molar-refractivity contribution in [1.82, 2.24) is 10.2 Å². The zero-order chi connectivity index (χ0) is 16.2. The Labute approximate surface area is 133 Å². The molecule has 116 valence electrons. The number of carbonyl (C=O) groups excluding carboxylic acids is 1. The summed E-state index contributed by atoms with van der Waals surface area (Å²) < 4.78 is 0.969. The molecule has 1 aromatic carbocycles. The molecule has 0 aliphatic rings. The maximum atomic E-state index is 12.1. The van der Waals surface area contributed by atoms with Crippen LogP contribution in [0.25, 0.3) is 0 Å². The molecule has 0 saturated heterocycles. The number of halogens is 1. The second kappa shape index (κ2) is 6.93. The number of rotatable bonds is 4. The van der Waals surface area contributed by atoms with Crippen LogP contribution in [-0.4, -0.2) is 35.1 Å². The van der Waals surface area contributed by atoms with Crippen LogP contribution in [0, 0.1) is 5.41 Å². The summed E-state index contributed by atoms with van der Waals surface area (Å²) in [5.41, 5.74) is 0.415. The maximum Gasteiger partial charge on any atom is 0.326 e. The lowest BCUT2D eigenvalue weighted by Crippen LogP contribution is -2.52. The molecule has 0 fully saturated rings. The van der Waals surface area contributed by atoms with E-state index in [4.69, 9.17) is 0 Å². The van der Waals surface area contributed by atoms with E-state index in [0.717, 1.165) is 10.0 Å². The van der Waals surface area contributed by atoms with E-state index in [9.17, 15) is 14.7 Å². The molecule has 0 radical (unpaired) electrons. The Bertz CT molecular complexity index is 509. The molecule has 0 saturated carbocycles. The molecule has 1 atom stereocenters. The molecule has 0 aromatic heterocycles. The average Bonchev–Trinajstić information content (AvgIpc) is 2.36. The standard InChI is InChI=1S/C15H21BrN2O3/c1-15(2,3)12(13(19)20)17-14(21)18(4)9-10-5-7-11(16)8-6-10/h5-8,12H,9H2,1-4H3,(H,17,21)(H,19,20)/t12-/m1/s1. The van der Waals surface area contributed by atoms with Crippen molar-refractivity contribution in [3.8, 4) is 0 Å². The van der Waals surface area contributed by atoms with Crippen LogP contribution in [0.2, 0.25) is 0 Å². The fraction of sp³-hybridized carbons (Fsp3) is 0.467. The van der Waals surface area contributed by atoms with Crippen LogP contribution < -0.4 is 5.32 Å². The maximum absolute atomic E-state index is 12.1. The molecule has 21 heavy (non-hydrogen) atoms. The quantitative estimate of drug-likeness (QED) is 0.870. The summed E-state index contributed by atoms with van der Waals surface area (Å²) in [7, 11) is 1.64. The van der Waals surface area contributed by atoms with Crippen molar-refractivity contribution in [3.63, 3.8) is 0 Å². The van der Waals surface area contributed by atoms with Gasteiger partial charge in [-0.15, -0.1) is 0 Å². The average molecular weight is 357 g/mol. The minimum absolute atomic E-state index is 0.403. The molecule has 1 aromatic rings. The first-order chi connectivity index (χ1) is 9.61. The Morgan fingerprint density at radius 1 is 1.29 bits per heavy atom. The molecule has 6 heteroatoms. The van der Waals surface area contributed by atoms with Gasteiger partial charge in [-0.2, -0.15) is 0 Å². The van der Waals surface area contributed by atoms with Gasteiger partial charge >= 0.3 is 12.0 Å². The summed E-state index contributed by atoms with van der Waals surface area (Å²) in [6, 6.07) is 6.28. The van der Waals surface area contributed by atoms with Crippen molar-refractivity contribution >= 4 is 27.9 Å². The van der Waals surface area contributed by atoms with Gasteiger partial charge in [0.1, 0.15) is 6.04 Å². The number of hydrogen-bond donors (Lipinski definition) is 2. The van der Waals surface area contributed by atoms with E-state index < -0.39 is 23.5 Å². The van der Waals surface area contributed by atoms with Crippen molar-refractivity contribution < 1.29 is 14.7 Å². The molecule has 0 unspecified atom stereocenters. The zero-order valence-corrected chi connectivity index (χ0v) is 14.3. The van der Waals surface area contributed by atoms with Gasteiger partial charge in [-0.25, -0.2) is 9.59 Å². The van der Waals surface area contributed by atoms with E-state index in [1.807, 2.05) is 24.3 Å². The number of benzene rings is 1. The fourth-order valence-corrected chi connectivity index (χ4v) is 2.08. The number of urea groups is 1. The highest BCUT2D eigenvalue weighted by Gasteiger charge is 2.33. The highest BCUT2D eigenvalue weighted by Crippen LogP contribution is 2.20. The summed E-state index contributed by atoms with van der Waals surface area (Å²) >= 11 is 3.35. The predicted molar refractivity (Wildman–Crippen MR) is 85.0 cm³/mol. The third kappa shape index (κ3) is 5.38. The Kier molecular flexibility index (Phi) is 5.78. The number of carbonyl (C=O) groups is 2. The smallest absolute Gasteiger partial charge is 0.326 e. The summed E-state index contributed by atoms with van der Waals surface area (Å²) in [4.78, 5) is 24.8. The summed E-state index contributed by atoms with van der Waals surface area (Å²) in [5.74, 6) is -1.03. The minimum atomic E-state index is -1.03. The third-order valence-electron chi connectivity index (χ3n) is 3.06. The van der Waals surface area contributed by atoms with E-state index >= 15 is 0 Å². The van der Waals surface area contributed by atoms with Crippen molar-refractivity contribution in [1.29, 1.82) is 0 Å². The lowest BCUT2D eigenvalue weighted by atomic mass is 9.87. The van der Waals surface area contributed by atoms with Gasteiger partial charge in [0, 0.05) is 18.1 Å². The topological polar surface area (TPSA) is 69.6 Å². The van der Waals surface area contributed by atoms with Crippen LogP contribution in [0.5, 0.6) is 0 Å². The number of amides is 2. The van der Waals surface area contributed by atoms with Crippen molar-refractivity contribution in [3.05, 3.63) is 34.3 Å². The number of carboxylic acids is 1. The second-order valence-electron chi connectivity index (χ2n) is 6.07. The van der Waals surface area contributed by atoms with E-state index in [2.05, 4.69) is 21.2 Å². The van der Waals surface area contributed by atoms with Gasteiger partial charge in [0.2, 0.25) is 0 Å². The number of hydrogen-bond acceptors (Lipinski definition) is 2. The SMILES string of the molecule is CN(Cc1ccc(Br)cc1)C(=O)N[C@H](C(=O)O)C(C)(C)C. The molecule has 0 aliphatic heterocycles. The minimum Gasteiger partial charge on any atom is -0.480 e. The molecule has 2 N–H and O–H groups in total. The molecular formula is C15H21BrN2O3. The van der Waals surface area contributed by atoms with Gasteiger partial charge in [0.05, 0.1) is 0 Å². The van der Waals surface area contributed by atoms with E-state index in [1.165, 1.54) is 4.90 Å². The molecule has 2 amide bonds. The highest BCUT2D eigenvalue weighted by atomic mass is 79.9. The monoisotopic (exact) mass is 356 g/mol. The van der Waals surface area contributed by atoms with E-state index in [1.54, 1.807) is 27.8 Å². The Morgan fingerprint density at radius 3 is 2.24 bits per heavy atom. The highest BCUT2D eigenvalue weighted by molar-refractivity contribution is 9.10. The van der Waals surface area contributed by atoms with Crippen molar-refractivity contribution in [2.75, 3.05) is 7.05 Å². The van der Waals surface area contributed by atoms with Crippen molar-refractivity contribution in [2.45, 2.75) is 33.4 Å². The Morgan fingerprint density at radius 2 is 1.81 bits per heavy atom. The van der Waals surface area contributed by atoms with Gasteiger partial charge in [-0.05, 0) is 23.1 Å². The van der Waals surface area contributed by atoms with Crippen LogP contribution in [0.1, 0.15) is 26.3 Å². The van der Waals surface area contributed by atoms with Crippen LogP contribution in [0.15, 0.2) is 28.7 Å². The van der Waals surface area contributed by atoms with Gasteiger partial charge in [0.15, 0.2) is 0 Å². The third-order valence-corrected chi connectivity index (χ3v) is 3.59. The van der Waals surface area contributed by atoms with Gasteiger partial charge in [0.25, 0.3) is 0 Å². The van der Waals surface area contributed by atoms with Gasteiger partial charge < -0.3 is 15.3 Å². The largest absolute Gasteiger partial charge is 0.480 e. The predicted octanol–water partition coefficient (Wildman–Crippen LogP) is 3.09. The number of aliphatic carboxylic acids is 1.